The molecule has 0 saturated heterocycles. The van der Waals surface area contributed by atoms with E-state index < -0.39 is 0 Å². The maximum atomic E-state index is 12.8. The van der Waals surface area contributed by atoms with Crippen LogP contribution in [-0.4, -0.2) is 35.8 Å². The van der Waals surface area contributed by atoms with E-state index in [0.717, 1.165) is 22.5 Å². The SMILES string of the molecule is O=C1/C(=C/c2cn(-c3ccccc3)nn2)CC/C1=C\c1cn(-c2ccccc2)nn1. The van der Waals surface area contributed by atoms with Gasteiger partial charge in [0.05, 0.1) is 23.8 Å². The first-order valence-electron chi connectivity index (χ1n) is 9.68. The Morgan fingerprint density at radius 1 is 0.667 bits per heavy atom. The average molecular weight is 394 g/mol. The third-order valence-electron chi connectivity index (χ3n) is 4.95. The number of benzene rings is 2. The van der Waals surface area contributed by atoms with E-state index in [2.05, 4.69) is 20.6 Å². The molecular formula is C23H18N6O. The molecule has 0 unspecified atom stereocenters. The van der Waals surface area contributed by atoms with Crippen molar-refractivity contribution in [2.75, 3.05) is 0 Å². The number of carbonyl (C=O) groups is 1. The van der Waals surface area contributed by atoms with Gasteiger partial charge in [0.15, 0.2) is 5.78 Å². The van der Waals surface area contributed by atoms with Gasteiger partial charge in [-0.3, -0.25) is 4.79 Å². The molecule has 7 heteroatoms. The minimum Gasteiger partial charge on any atom is -0.289 e. The van der Waals surface area contributed by atoms with Crippen molar-refractivity contribution < 1.29 is 4.79 Å². The molecular weight excluding hydrogens is 376 g/mol. The number of rotatable bonds is 4. The summed E-state index contributed by atoms with van der Waals surface area (Å²) in [5.41, 5.74) is 4.65. The van der Waals surface area contributed by atoms with Gasteiger partial charge in [0, 0.05) is 11.1 Å². The summed E-state index contributed by atoms with van der Waals surface area (Å²) in [5.74, 6) is 0.0264. The fourth-order valence-corrected chi connectivity index (χ4v) is 3.43. The van der Waals surface area contributed by atoms with E-state index in [1.807, 2.05) is 85.2 Å². The Morgan fingerprint density at radius 3 is 1.53 bits per heavy atom. The first-order chi connectivity index (χ1) is 14.8. The molecule has 0 aliphatic heterocycles. The zero-order valence-electron chi connectivity index (χ0n) is 16.1. The molecule has 0 radical (unpaired) electrons. The van der Waals surface area contributed by atoms with Gasteiger partial charge in [-0.1, -0.05) is 46.8 Å². The second kappa shape index (κ2) is 7.71. The molecule has 0 amide bonds. The number of aromatic nitrogens is 6. The van der Waals surface area contributed by atoms with Crippen molar-refractivity contribution >= 4 is 17.9 Å². The third kappa shape index (κ3) is 3.60. The van der Waals surface area contributed by atoms with Gasteiger partial charge in [0.1, 0.15) is 11.4 Å². The van der Waals surface area contributed by atoms with E-state index in [9.17, 15) is 4.79 Å². The number of nitrogens with zero attached hydrogens (tertiary/aromatic N) is 6. The molecule has 1 aliphatic carbocycles. The Balaban J connectivity index is 1.34. The predicted octanol–water partition coefficient (Wildman–Crippen LogP) is 3.68. The number of allylic oxidation sites excluding steroid dienone is 2. The molecule has 2 heterocycles. The molecule has 1 aliphatic rings. The minimum atomic E-state index is 0.0264. The van der Waals surface area contributed by atoms with Crippen molar-refractivity contribution in [3.05, 3.63) is 95.6 Å². The van der Waals surface area contributed by atoms with Crippen LogP contribution in [0.1, 0.15) is 24.2 Å². The van der Waals surface area contributed by atoms with Gasteiger partial charge in [-0.05, 0) is 49.3 Å². The molecule has 0 spiro atoms. The largest absolute Gasteiger partial charge is 0.289 e. The molecule has 5 rings (SSSR count). The van der Waals surface area contributed by atoms with Crippen molar-refractivity contribution in [2.24, 2.45) is 0 Å². The van der Waals surface area contributed by atoms with E-state index in [0.29, 0.717) is 24.2 Å². The van der Waals surface area contributed by atoms with Crippen molar-refractivity contribution in [1.82, 2.24) is 30.0 Å². The molecule has 0 bridgehead atoms. The van der Waals surface area contributed by atoms with Crippen molar-refractivity contribution in [2.45, 2.75) is 12.8 Å². The molecule has 1 fully saturated rings. The third-order valence-corrected chi connectivity index (χ3v) is 4.95. The maximum Gasteiger partial charge on any atom is 0.185 e. The van der Waals surface area contributed by atoms with Crippen LogP contribution in [0.15, 0.2) is 84.2 Å². The lowest BCUT2D eigenvalue weighted by Crippen LogP contribution is -1.95. The summed E-state index contributed by atoms with van der Waals surface area (Å²) in [5, 5.41) is 16.6. The molecule has 0 N–H and O–H groups in total. The minimum absolute atomic E-state index is 0.0264. The summed E-state index contributed by atoms with van der Waals surface area (Å²) >= 11 is 0. The molecule has 0 atom stereocenters. The number of para-hydroxylation sites is 2. The summed E-state index contributed by atoms with van der Waals surface area (Å²) in [6, 6.07) is 19.5. The van der Waals surface area contributed by atoms with Crippen molar-refractivity contribution in [3.63, 3.8) is 0 Å². The Hall–Kier alpha value is -4.13. The number of carbonyl (C=O) groups excluding carboxylic acids is 1. The summed E-state index contributed by atoms with van der Waals surface area (Å²) in [7, 11) is 0. The summed E-state index contributed by atoms with van der Waals surface area (Å²) in [4.78, 5) is 12.8. The molecule has 4 aromatic rings. The second-order valence-corrected chi connectivity index (χ2v) is 7.02. The molecule has 2 aromatic heterocycles. The van der Waals surface area contributed by atoms with Gasteiger partial charge < -0.3 is 0 Å². The number of Topliss-reactive ketones (excluding diaryl/α,β-unsaturated/α-hetero) is 1. The first-order valence-corrected chi connectivity index (χ1v) is 9.68. The molecule has 146 valence electrons. The van der Waals surface area contributed by atoms with Gasteiger partial charge in [-0.25, -0.2) is 9.36 Å². The van der Waals surface area contributed by atoms with E-state index in [1.54, 1.807) is 9.36 Å². The highest BCUT2D eigenvalue weighted by Gasteiger charge is 2.24. The van der Waals surface area contributed by atoms with Gasteiger partial charge in [-0.15, -0.1) is 10.2 Å². The van der Waals surface area contributed by atoms with Gasteiger partial charge in [0.2, 0.25) is 0 Å². The van der Waals surface area contributed by atoms with Crippen LogP contribution in [0.3, 0.4) is 0 Å². The highest BCUT2D eigenvalue weighted by Crippen LogP contribution is 2.29. The topological polar surface area (TPSA) is 78.5 Å². The molecule has 7 nitrogen and oxygen atoms in total. The van der Waals surface area contributed by atoms with E-state index in [-0.39, 0.29) is 5.78 Å². The van der Waals surface area contributed by atoms with Crippen LogP contribution in [0, 0.1) is 0 Å². The summed E-state index contributed by atoms with van der Waals surface area (Å²) < 4.78 is 3.40. The van der Waals surface area contributed by atoms with Crippen LogP contribution in [-0.2, 0) is 4.79 Å². The van der Waals surface area contributed by atoms with Crippen molar-refractivity contribution in [1.29, 1.82) is 0 Å². The zero-order valence-corrected chi connectivity index (χ0v) is 16.1. The lowest BCUT2D eigenvalue weighted by Gasteiger charge is -1.97. The second-order valence-electron chi connectivity index (χ2n) is 7.02. The quantitative estimate of drug-likeness (QED) is 0.494. The van der Waals surface area contributed by atoms with Crippen LogP contribution in [0.5, 0.6) is 0 Å². The first kappa shape index (κ1) is 17.9. The van der Waals surface area contributed by atoms with Crippen molar-refractivity contribution in [3.8, 4) is 11.4 Å². The number of hydrogen-bond acceptors (Lipinski definition) is 5. The van der Waals surface area contributed by atoms with Gasteiger partial charge in [0.25, 0.3) is 0 Å². The van der Waals surface area contributed by atoms with E-state index in [1.165, 1.54) is 0 Å². The maximum absolute atomic E-state index is 12.8. The Bertz CT molecular complexity index is 1150. The monoisotopic (exact) mass is 394 g/mol. The fourth-order valence-electron chi connectivity index (χ4n) is 3.43. The lowest BCUT2D eigenvalue weighted by molar-refractivity contribution is -0.111. The number of hydrogen-bond donors (Lipinski definition) is 0. The van der Waals surface area contributed by atoms with Crippen LogP contribution in [0.4, 0.5) is 0 Å². The molecule has 30 heavy (non-hydrogen) atoms. The fraction of sp³-hybridized carbons (Fsp3) is 0.0870. The standard InChI is InChI=1S/C23H18N6O/c30-23-17(13-19-15-28(26-24-19)21-7-3-1-4-8-21)11-12-18(23)14-20-16-29(27-25-20)22-9-5-2-6-10-22/h1-10,13-16H,11-12H2/b17-13+,18-14+. The van der Waals surface area contributed by atoms with Crippen LogP contribution in [0.25, 0.3) is 23.5 Å². The van der Waals surface area contributed by atoms with Crippen LogP contribution < -0.4 is 0 Å². The van der Waals surface area contributed by atoms with Crippen LogP contribution in [0.2, 0.25) is 0 Å². The zero-order chi connectivity index (χ0) is 20.3. The number of ketones is 1. The Labute approximate surface area is 173 Å². The Morgan fingerprint density at radius 2 is 1.10 bits per heavy atom. The predicted molar refractivity (Wildman–Crippen MR) is 113 cm³/mol. The van der Waals surface area contributed by atoms with Gasteiger partial charge in [-0.2, -0.15) is 0 Å². The Kier molecular flexibility index (Phi) is 4.61. The summed E-state index contributed by atoms with van der Waals surface area (Å²) in [6.07, 6.45) is 8.63. The summed E-state index contributed by atoms with van der Waals surface area (Å²) in [6.45, 7) is 0. The van der Waals surface area contributed by atoms with Gasteiger partial charge >= 0.3 is 0 Å². The molecule has 1 saturated carbocycles. The highest BCUT2D eigenvalue weighted by molar-refractivity contribution is 6.15. The van der Waals surface area contributed by atoms with E-state index in [4.69, 9.17) is 0 Å². The highest BCUT2D eigenvalue weighted by atomic mass is 16.1. The molecule has 2 aromatic carbocycles. The average Bonchev–Trinajstić information content (AvgIpc) is 3.53. The normalized spacial score (nSPS) is 16.6. The van der Waals surface area contributed by atoms with E-state index >= 15 is 0 Å². The smallest absolute Gasteiger partial charge is 0.185 e. The lowest BCUT2D eigenvalue weighted by atomic mass is 10.1. The van der Waals surface area contributed by atoms with Crippen LogP contribution >= 0.6 is 0 Å².